The van der Waals surface area contributed by atoms with E-state index >= 15 is 0 Å². The van der Waals surface area contributed by atoms with Crippen molar-refractivity contribution in [1.82, 2.24) is 9.97 Å². The van der Waals surface area contributed by atoms with Gasteiger partial charge in [-0.1, -0.05) is 36.7 Å². The first-order chi connectivity index (χ1) is 9.49. The van der Waals surface area contributed by atoms with E-state index < -0.39 is 0 Å². The molecule has 2 aromatic rings. The van der Waals surface area contributed by atoms with Crippen LogP contribution in [0, 0.1) is 6.92 Å². The van der Waals surface area contributed by atoms with Gasteiger partial charge in [0.2, 0.25) is 5.88 Å². The van der Waals surface area contributed by atoms with Crippen molar-refractivity contribution in [2.75, 3.05) is 0 Å². The summed E-state index contributed by atoms with van der Waals surface area (Å²) < 4.78 is 7.03. The summed E-state index contributed by atoms with van der Waals surface area (Å²) >= 11 is 3.50. The molecular weight excluding hydrogens is 316 g/mol. The van der Waals surface area contributed by atoms with E-state index in [4.69, 9.17) is 4.74 Å². The van der Waals surface area contributed by atoms with Crippen LogP contribution in [0.5, 0.6) is 11.6 Å². The number of aromatic nitrogens is 2. The van der Waals surface area contributed by atoms with Gasteiger partial charge >= 0.3 is 0 Å². The molecule has 0 fully saturated rings. The Morgan fingerprint density at radius 3 is 2.60 bits per heavy atom. The first-order valence-corrected chi connectivity index (χ1v) is 7.60. The fraction of sp³-hybridized carbons (Fsp3) is 0.375. The number of nitrogens with zero attached hydrogens (tertiary/aromatic N) is 2. The molecule has 1 heterocycles. The van der Waals surface area contributed by atoms with E-state index in [0.717, 1.165) is 33.7 Å². The summed E-state index contributed by atoms with van der Waals surface area (Å²) in [5, 5.41) is 0. The number of halogens is 1. The van der Waals surface area contributed by atoms with Gasteiger partial charge in [-0.25, -0.2) is 4.98 Å². The summed E-state index contributed by atoms with van der Waals surface area (Å²) in [6.07, 6.45) is 0.872. The molecule has 1 aromatic heterocycles. The van der Waals surface area contributed by atoms with Crippen molar-refractivity contribution in [3.8, 4) is 11.6 Å². The van der Waals surface area contributed by atoms with Crippen molar-refractivity contribution in [2.24, 2.45) is 0 Å². The smallest absolute Gasteiger partial charge is 0.222 e. The Kier molecular flexibility index (Phi) is 4.76. The molecule has 0 N–H and O–H groups in total. The molecule has 0 amide bonds. The average molecular weight is 335 g/mol. The van der Waals surface area contributed by atoms with Gasteiger partial charge in [-0.2, -0.15) is 4.98 Å². The van der Waals surface area contributed by atoms with Crippen LogP contribution >= 0.6 is 15.9 Å². The minimum absolute atomic E-state index is 0.385. The summed E-state index contributed by atoms with van der Waals surface area (Å²) in [5.41, 5.74) is 2.16. The van der Waals surface area contributed by atoms with Gasteiger partial charge in [0.15, 0.2) is 0 Å². The molecule has 20 heavy (non-hydrogen) atoms. The Balaban J connectivity index is 2.37. The fourth-order valence-electron chi connectivity index (χ4n) is 2.01. The van der Waals surface area contributed by atoms with E-state index in [9.17, 15) is 0 Å². The molecule has 4 heteroatoms. The van der Waals surface area contributed by atoms with Gasteiger partial charge in [0.1, 0.15) is 11.6 Å². The van der Waals surface area contributed by atoms with Crippen LogP contribution in [0.25, 0.3) is 0 Å². The summed E-state index contributed by atoms with van der Waals surface area (Å²) in [6.45, 7) is 8.26. The van der Waals surface area contributed by atoms with Crippen molar-refractivity contribution in [2.45, 2.75) is 40.0 Å². The second kappa shape index (κ2) is 6.35. The Morgan fingerprint density at radius 1 is 1.20 bits per heavy atom. The standard InChI is InChI=1S/C16H19BrN2O/c1-5-13-9-16(19-11(4)18-13)20-15-7-6-12(17)8-14(15)10(2)3/h6-10H,5H2,1-4H3. The third kappa shape index (κ3) is 3.57. The van der Waals surface area contributed by atoms with Gasteiger partial charge in [0.05, 0.1) is 0 Å². The topological polar surface area (TPSA) is 35.0 Å². The molecule has 0 aliphatic rings. The molecule has 0 spiro atoms. The van der Waals surface area contributed by atoms with Crippen LogP contribution in [-0.2, 0) is 6.42 Å². The number of aryl methyl sites for hydroxylation is 2. The fourth-order valence-corrected chi connectivity index (χ4v) is 2.39. The lowest BCUT2D eigenvalue weighted by Gasteiger charge is -2.14. The maximum atomic E-state index is 5.98. The maximum Gasteiger partial charge on any atom is 0.222 e. The molecule has 3 nitrogen and oxygen atoms in total. The lowest BCUT2D eigenvalue weighted by Crippen LogP contribution is -1.99. The summed E-state index contributed by atoms with van der Waals surface area (Å²) in [6, 6.07) is 7.95. The zero-order chi connectivity index (χ0) is 14.7. The summed E-state index contributed by atoms with van der Waals surface area (Å²) in [7, 11) is 0. The highest BCUT2D eigenvalue weighted by Gasteiger charge is 2.11. The normalized spacial score (nSPS) is 10.9. The number of hydrogen-bond donors (Lipinski definition) is 0. The van der Waals surface area contributed by atoms with E-state index in [0.29, 0.717) is 11.8 Å². The van der Waals surface area contributed by atoms with Gasteiger partial charge < -0.3 is 4.74 Å². The van der Waals surface area contributed by atoms with E-state index in [1.54, 1.807) is 0 Å². The zero-order valence-electron chi connectivity index (χ0n) is 12.3. The quantitative estimate of drug-likeness (QED) is 0.786. The monoisotopic (exact) mass is 334 g/mol. The molecule has 0 radical (unpaired) electrons. The van der Waals surface area contributed by atoms with Crippen LogP contribution in [0.1, 0.15) is 43.8 Å². The van der Waals surface area contributed by atoms with Crippen LogP contribution in [0.3, 0.4) is 0 Å². The molecule has 0 unspecified atom stereocenters. The molecular formula is C16H19BrN2O. The Morgan fingerprint density at radius 2 is 1.95 bits per heavy atom. The number of benzene rings is 1. The maximum absolute atomic E-state index is 5.98. The highest BCUT2D eigenvalue weighted by Crippen LogP contribution is 2.32. The van der Waals surface area contributed by atoms with Gasteiger partial charge in [-0.3, -0.25) is 0 Å². The van der Waals surface area contributed by atoms with Crippen LogP contribution in [0.15, 0.2) is 28.7 Å². The van der Waals surface area contributed by atoms with Gasteiger partial charge in [-0.05, 0) is 43.0 Å². The molecule has 2 rings (SSSR count). The third-order valence-electron chi connectivity index (χ3n) is 3.04. The van der Waals surface area contributed by atoms with Crippen LogP contribution < -0.4 is 4.74 Å². The van der Waals surface area contributed by atoms with Crippen LogP contribution in [0.4, 0.5) is 0 Å². The summed E-state index contributed by atoms with van der Waals surface area (Å²) in [4.78, 5) is 8.72. The van der Waals surface area contributed by atoms with Crippen molar-refractivity contribution < 1.29 is 4.74 Å². The predicted octanol–water partition coefficient (Wildman–Crippen LogP) is 5.03. The molecule has 0 aliphatic carbocycles. The molecule has 106 valence electrons. The third-order valence-corrected chi connectivity index (χ3v) is 3.53. The Bertz CT molecular complexity index is 611. The molecule has 0 saturated heterocycles. The van der Waals surface area contributed by atoms with E-state index in [2.05, 4.69) is 52.7 Å². The predicted molar refractivity (Wildman–Crippen MR) is 84.5 cm³/mol. The highest BCUT2D eigenvalue weighted by atomic mass is 79.9. The van der Waals surface area contributed by atoms with Gasteiger partial charge in [0, 0.05) is 16.2 Å². The SMILES string of the molecule is CCc1cc(Oc2ccc(Br)cc2C(C)C)nc(C)n1. The number of hydrogen-bond acceptors (Lipinski definition) is 3. The highest BCUT2D eigenvalue weighted by molar-refractivity contribution is 9.10. The summed E-state index contributed by atoms with van der Waals surface area (Å²) in [5.74, 6) is 2.58. The minimum atomic E-state index is 0.385. The van der Waals surface area contributed by atoms with Gasteiger partial charge in [-0.15, -0.1) is 0 Å². The van der Waals surface area contributed by atoms with E-state index in [-0.39, 0.29) is 0 Å². The second-order valence-electron chi connectivity index (χ2n) is 5.04. The molecule has 0 bridgehead atoms. The zero-order valence-corrected chi connectivity index (χ0v) is 13.9. The molecule has 0 aliphatic heterocycles. The van der Waals surface area contributed by atoms with Crippen LogP contribution in [-0.4, -0.2) is 9.97 Å². The van der Waals surface area contributed by atoms with E-state index in [1.807, 2.05) is 25.1 Å². The Hall–Kier alpha value is -1.42. The van der Waals surface area contributed by atoms with Crippen molar-refractivity contribution in [1.29, 1.82) is 0 Å². The number of rotatable bonds is 4. The van der Waals surface area contributed by atoms with E-state index in [1.165, 1.54) is 0 Å². The largest absolute Gasteiger partial charge is 0.439 e. The molecule has 1 aromatic carbocycles. The van der Waals surface area contributed by atoms with Crippen molar-refractivity contribution in [3.63, 3.8) is 0 Å². The number of ether oxygens (including phenoxy) is 1. The first kappa shape index (κ1) is 15.0. The van der Waals surface area contributed by atoms with Crippen molar-refractivity contribution in [3.05, 3.63) is 45.8 Å². The molecule has 0 atom stereocenters. The first-order valence-electron chi connectivity index (χ1n) is 6.81. The average Bonchev–Trinajstić information content (AvgIpc) is 2.40. The lowest BCUT2D eigenvalue weighted by molar-refractivity contribution is 0.450. The minimum Gasteiger partial charge on any atom is -0.439 e. The second-order valence-corrected chi connectivity index (χ2v) is 5.95. The Labute approximate surface area is 128 Å². The van der Waals surface area contributed by atoms with Crippen LogP contribution in [0.2, 0.25) is 0 Å². The molecule has 0 saturated carbocycles. The van der Waals surface area contributed by atoms with Gasteiger partial charge in [0.25, 0.3) is 0 Å². The lowest BCUT2D eigenvalue weighted by atomic mass is 10.0. The van der Waals surface area contributed by atoms with Crippen molar-refractivity contribution >= 4 is 15.9 Å².